The van der Waals surface area contributed by atoms with E-state index in [0.717, 1.165) is 32.7 Å². The van der Waals surface area contributed by atoms with E-state index < -0.39 is 0 Å². The van der Waals surface area contributed by atoms with Crippen LogP contribution in [-0.2, 0) is 6.54 Å². The van der Waals surface area contributed by atoms with Crippen molar-refractivity contribution in [1.29, 1.82) is 0 Å². The number of hydrogen-bond acceptors (Lipinski definition) is 3. The van der Waals surface area contributed by atoms with Crippen molar-refractivity contribution < 1.29 is 9.47 Å². The molecule has 3 aromatic carbocycles. The molecule has 142 valence electrons. The number of halogens is 1. The normalized spacial score (nSPS) is 10.8. The molecule has 0 saturated carbocycles. The Morgan fingerprint density at radius 3 is 2.32 bits per heavy atom. The largest absolute Gasteiger partial charge is 0.497 e. The van der Waals surface area contributed by atoms with Crippen LogP contribution >= 0.6 is 15.9 Å². The summed E-state index contributed by atoms with van der Waals surface area (Å²) in [4.78, 5) is 0. The Bertz CT molecular complexity index is 1090. The molecule has 0 N–H and O–H groups in total. The molecule has 0 amide bonds. The van der Waals surface area contributed by atoms with E-state index >= 15 is 0 Å². The van der Waals surface area contributed by atoms with Gasteiger partial charge >= 0.3 is 0 Å². The van der Waals surface area contributed by atoms with Gasteiger partial charge in [-0.2, -0.15) is 0 Å². The van der Waals surface area contributed by atoms with Crippen molar-refractivity contribution in [3.63, 3.8) is 0 Å². The second-order valence-electron chi connectivity index (χ2n) is 6.43. The number of benzene rings is 3. The lowest BCUT2D eigenvalue weighted by Crippen LogP contribution is -2.28. The zero-order valence-corrected chi connectivity index (χ0v) is 17.4. The van der Waals surface area contributed by atoms with E-state index in [9.17, 15) is 0 Å². The van der Waals surface area contributed by atoms with Gasteiger partial charge in [0.25, 0.3) is 0 Å². The standard InChI is InChI=1S/C23H21BrN2O2/c1-27-20-9-7-19(8-10-20)26(16-18-15-21(28-2)11-12-22(18)24)25-14-13-17-5-3-4-6-23(17)25/h3-15H,16H2,1-2H3. The summed E-state index contributed by atoms with van der Waals surface area (Å²) in [5.41, 5.74) is 3.35. The Labute approximate surface area is 173 Å². The van der Waals surface area contributed by atoms with Crippen LogP contribution < -0.4 is 14.5 Å². The van der Waals surface area contributed by atoms with Crippen molar-refractivity contribution in [2.24, 2.45) is 0 Å². The van der Waals surface area contributed by atoms with Gasteiger partial charge in [-0.1, -0.05) is 34.1 Å². The van der Waals surface area contributed by atoms with Gasteiger partial charge in [0.05, 0.1) is 32.0 Å². The number of rotatable bonds is 6. The highest BCUT2D eigenvalue weighted by atomic mass is 79.9. The quantitative estimate of drug-likeness (QED) is 0.376. The molecule has 0 aliphatic heterocycles. The third kappa shape index (κ3) is 3.58. The van der Waals surface area contributed by atoms with E-state index in [1.54, 1.807) is 14.2 Å². The van der Waals surface area contributed by atoms with Crippen LogP contribution in [0.15, 0.2) is 83.5 Å². The SMILES string of the molecule is COc1ccc(N(Cc2cc(OC)ccc2Br)n2ccc3ccccc32)cc1. The summed E-state index contributed by atoms with van der Waals surface area (Å²) >= 11 is 3.69. The lowest BCUT2D eigenvalue weighted by molar-refractivity contribution is 0.414. The number of anilines is 1. The molecule has 0 aliphatic rings. The van der Waals surface area contributed by atoms with Crippen molar-refractivity contribution in [3.8, 4) is 11.5 Å². The van der Waals surface area contributed by atoms with Crippen molar-refractivity contribution in [3.05, 3.63) is 89.0 Å². The monoisotopic (exact) mass is 436 g/mol. The van der Waals surface area contributed by atoms with Gasteiger partial charge in [0.1, 0.15) is 11.5 Å². The van der Waals surface area contributed by atoms with Gasteiger partial charge < -0.3 is 9.47 Å². The minimum atomic E-state index is 0.669. The van der Waals surface area contributed by atoms with Crippen LogP contribution in [0.5, 0.6) is 11.5 Å². The molecule has 0 saturated heterocycles. The molecule has 5 heteroatoms. The number of nitrogens with zero attached hydrogens (tertiary/aromatic N) is 2. The van der Waals surface area contributed by atoms with Crippen molar-refractivity contribution in [1.82, 2.24) is 4.68 Å². The first kappa shape index (κ1) is 18.4. The highest BCUT2D eigenvalue weighted by Gasteiger charge is 2.15. The first-order chi connectivity index (χ1) is 13.7. The minimum absolute atomic E-state index is 0.669. The number of para-hydroxylation sites is 1. The summed E-state index contributed by atoms with van der Waals surface area (Å²) in [6, 6.07) is 24.7. The summed E-state index contributed by atoms with van der Waals surface area (Å²) < 4.78 is 14.0. The highest BCUT2D eigenvalue weighted by Crippen LogP contribution is 2.29. The molecule has 0 radical (unpaired) electrons. The Balaban J connectivity index is 1.81. The van der Waals surface area contributed by atoms with Gasteiger partial charge in [-0.3, -0.25) is 9.69 Å². The van der Waals surface area contributed by atoms with E-state index in [0.29, 0.717) is 6.54 Å². The topological polar surface area (TPSA) is 26.6 Å². The predicted molar refractivity (Wildman–Crippen MR) is 117 cm³/mol. The summed E-state index contributed by atoms with van der Waals surface area (Å²) in [5.74, 6) is 1.67. The van der Waals surface area contributed by atoms with E-state index in [1.165, 1.54) is 5.39 Å². The second kappa shape index (κ2) is 7.98. The first-order valence-electron chi connectivity index (χ1n) is 9.00. The van der Waals surface area contributed by atoms with Gasteiger partial charge in [0, 0.05) is 16.1 Å². The van der Waals surface area contributed by atoms with Crippen LogP contribution in [0, 0.1) is 0 Å². The lowest BCUT2D eigenvalue weighted by atomic mass is 10.2. The van der Waals surface area contributed by atoms with Gasteiger partial charge in [0.15, 0.2) is 0 Å². The summed E-state index contributed by atoms with van der Waals surface area (Å²) in [5, 5.41) is 3.44. The zero-order chi connectivity index (χ0) is 19.5. The summed E-state index contributed by atoms with van der Waals surface area (Å²) in [6.07, 6.45) is 2.10. The molecule has 1 aromatic heterocycles. The smallest absolute Gasteiger partial charge is 0.119 e. The zero-order valence-electron chi connectivity index (χ0n) is 15.8. The molecule has 0 bridgehead atoms. The number of aromatic nitrogens is 1. The van der Waals surface area contributed by atoms with Crippen molar-refractivity contribution >= 4 is 32.5 Å². The maximum absolute atomic E-state index is 5.43. The fourth-order valence-corrected chi connectivity index (χ4v) is 3.66. The molecule has 0 aliphatic carbocycles. The van der Waals surface area contributed by atoms with E-state index in [1.807, 2.05) is 24.3 Å². The fraction of sp³-hybridized carbons (Fsp3) is 0.130. The van der Waals surface area contributed by atoms with E-state index in [4.69, 9.17) is 9.47 Å². The molecular weight excluding hydrogens is 416 g/mol. The Morgan fingerprint density at radius 2 is 1.57 bits per heavy atom. The van der Waals surface area contributed by atoms with Crippen LogP contribution in [0.3, 0.4) is 0 Å². The Kier molecular flexibility index (Phi) is 5.26. The Morgan fingerprint density at radius 1 is 0.857 bits per heavy atom. The van der Waals surface area contributed by atoms with Gasteiger partial charge in [-0.25, -0.2) is 0 Å². The lowest BCUT2D eigenvalue weighted by Gasteiger charge is -2.28. The third-order valence-electron chi connectivity index (χ3n) is 4.78. The molecule has 1 heterocycles. The summed E-state index contributed by atoms with van der Waals surface area (Å²) in [6.45, 7) is 0.669. The van der Waals surface area contributed by atoms with Gasteiger partial charge in [0.2, 0.25) is 0 Å². The first-order valence-corrected chi connectivity index (χ1v) is 9.79. The molecule has 4 nitrogen and oxygen atoms in total. The van der Waals surface area contributed by atoms with E-state index in [-0.39, 0.29) is 0 Å². The van der Waals surface area contributed by atoms with Crippen molar-refractivity contribution in [2.45, 2.75) is 6.54 Å². The average molecular weight is 437 g/mol. The molecular formula is C23H21BrN2O2. The highest BCUT2D eigenvalue weighted by molar-refractivity contribution is 9.10. The predicted octanol–water partition coefficient (Wildman–Crippen LogP) is 5.89. The molecule has 4 rings (SSSR count). The minimum Gasteiger partial charge on any atom is -0.497 e. The molecule has 28 heavy (non-hydrogen) atoms. The molecule has 0 atom stereocenters. The van der Waals surface area contributed by atoms with E-state index in [2.05, 4.69) is 80.3 Å². The van der Waals surface area contributed by atoms with Crippen molar-refractivity contribution in [2.75, 3.05) is 19.2 Å². The van der Waals surface area contributed by atoms with Crippen LogP contribution in [0.1, 0.15) is 5.56 Å². The average Bonchev–Trinajstić information content (AvgIpc) is 3.17. The number of hydrogen-bond donors (Lipinski definition) is 0. The summed E-state index contributed by atoms with van der Waals surface area (Å²) in [7, 11) is 3.37. The van der Waals surface area contributed by atoms with Gasteiger partial charge in [-0.05, 0) is 60.2 Å². The maximum Gasteiger partial charge on any atom is 0.119 e. The Hall–Kier alpha value is -2.92. The molecule has 0 fully saturated rings. The number of fused-ring (bicyclic) bond motifs is 1. The van der Waals surface area contributed by atoms with Gasteiger partial charge in [-0.15, -0.1) is 0 Å². The van der Waals surface area contributed by atoms with Crippen LogP contribution in [0.2, 0.25) is 0 Å². The van der Waals surface area contributed by atoms with Crippen LogP contribution in [0.4, 0.5) is 5.69 Å². The molecule has 0 spiro atoms. The van der Waals surface area contributed by atoms with Crippen LogP contribution in [0.25, 0.3) is 10.9 Å². The number of ether oxygens (including phenoxy) is 2. The van der Waals surface area contributed by atoms with Crippen LogP contribution in [-0.4, -0.2) is 18.9 Å². The molecule has 4 aromatic rings. The fourth-order valence-electron chi connectivity index (χ4n) is 3.29. The third-order valence-corrected chi connectivity index (χ3v) is 5.56. The number of methoxy groups -OCH3 is 2. The maximum atomic E-state index is 5.43. The second-order valence-corrected chi connectivity index (χ2v) is 7.29. The molecule has 0 unspecified atom stereocenters.